The third kappa shape index (κ3) is 1.94. The highest BCUT2D eigenvalue weighted by Crippen LogP contribution is 2.33. The van der Waals surface area contributed by atoms with Crippen molar-refractivity contribution in [2.45, 2.75) is 6.42 Å². The van der Waals surface area contributed by atoms with Crippen LogP contribution in [0.1, 0.15) is 12.1 Å². The molecule has 0 saturated carbocycles. The maximum atomic E-state index is 5.43. The first-order valence-electron chi connectivity index (χ1n) is 5.58. The number of aromatic nitrogens is 1. The molecule has 88 valence electrons. The Morgan fingerprint density at radius 2 is 2.41 bits per heavy atom. The van der Waals surface area contributed by atoms with Gasteiger partial charge in [-0.25, -0.2) is 4.98 Å². The van der Waals surface area contributed by atoms with Gasteiger partial charge in [0.1, 0.15) is 5.75 Å². The highest BCUT2D eigenvalue weighted by Gasteiger charge is 2.12. The molecule has 0 fully saturated rings. The number of hydrogen-bond donors (Lipinski definition) is 0. The first-order valence-corrected chi connectivity index (χ1v) is 6.46. The van der Waals surface area contributed by atoms with Crippen LogP contribution in [-0.2, 0) is 4.74 Å². The van der Waals surface area contributed by atoms with Crippen molar-refractivity contribution in [2.75, 3.05) is 20.3 Å². The summed E-state index contributed by atoms with van der Waals surface area (Å²) in [5, 5.41) is 2.04. The number of nitrogens with zero attached hydrogens (tertiary/aromatic N) is 1. The molecule has 0 radical (unpaired) electrons. The number of methoxy groups -OCH3 is 1. The average Bonchev–Trinajstić information content (AvgIpc) is 2.86. The lowest BCUT2D eigenvalue weighted by atomic mass is 10.1. The van der Waals surface area contributed by atoms with Crippen LogP contribution in [0.3, 0.4) is 0 Å². The molecule has 0 amide bonds. The zero-order chi connectivity index (χ0) is 11.7. The molecule has 3 nitrogen and oxygen atoms in total. The molecular formula is C13H13NO2S. The highest BCUT2D eigenvalue weighted by molar-refractivity contribution is 7.17. The maximum Gasteiger partial charge on any atom is 0.140 e. The van der Waals surface area contributed by atoms with Crippen LogP contribution in [0, 0.1) is 0 Å². The van der Waals surface area contributed by atoms with Gasteiger partial charge in [-0.05, 0) is 23.4 Å². The van der Waals surface area contributed by atoms with Gasteiger partial charge in [0.05, 0.1) is 36.2 Å². The van der Waals surface area contributed by atoms with Gasteiger partial charge < -0.3 is 9.47 Å². The van der Waals surface area contributed by atoms with Crippen LogP contribution < -0.4 is 4.74 Å². The number of pyridine rings is 1. The molecule has 2 aromatic heterocycles. The topological polar surface area (TPSA) is 31.4 Å². The molecule has 0 aromatic carbocycles. The quantitative estimate of drug-likeness (QED) is 0.817. The van der Waals surface area contributed by atoms with Gasteiger partial charge in [0.25, 0.3) is 0 Å². The average molecular weight is 247 g/mol. The maximum absolute atomic E-state index is 5.43. The van der Waals surface area contributed by atoms with Gasteiger partial charge in [-0.3, -0.25) is 0 Å². The molecule has 0 bridgehead atoms. The van der Waals surface area contributed by atoms with E-state index in [2.05, 4.69) is 11.1 Å². The molecule has 3 rings (SSSR count). The number of thiophene rings is 1. The summed E-state index contributed by atoms with van der Waals surface area (Å²) in [6, 6.07) is 4.06. The predicted molar refractivity (Wildman–Crippen MR) is 69.6 cm³/mol. The molecule has 0 unspecified atom stereocenters. The summed E-state index contributed by atoms with van der Waals surface area (Å²) in [5.41, 5.74) is 3.27. The first kappa shape index (κ1) is 10.7. The normalized spacial score (nSPS) is 15.9. The summed E-state index contributed by atoms with van der Waals surface area (Å²) >= 11 is 1.66. The summed E-state index contributed by atoms with van der Waals surface area (Å²) in [5.74, 6) is 0.910. The fourth-order valence-corrected chi connectivity index (χ4v) is 2.83. The summed E-state index contributed by atoms with van der Waals surface area (Å²) < 4.78 is 11.9. The minimum absolute atomic E-state index is 0.682. The minimum Gasteiger partial charge on any atom is -0.495 e. The van der Waals surface area contributed by atoms with Crippen molar-refractivity contribution in [3.05, 3.63) is 29.3 Å². The molecule has 4 heteroatoms. The van der Waals surface area contributed by atoms with E-state index in [9.17, 15) is 0 Å². The Labute approximate surface area is 104 Å². The Morgan fingerprint density at radius 3 is 3.18 bits per heavy atom. The summed E-state index contributed by atoms with van der Waals surface area (Å²) in [6.07, 6.45) is 3.02. The lowest BCUT2D eigenvalue weighted by molar-refractivity contribution is 0.161. The summed E-state index contributed by atoms with van der Waals surface area (Å²) in [6.45, 7) is 1.46. The van der Waals surface area contributed by atoms with Crippen molar-refractivity contribution in [2.24, 2.45) is 0 Å². The van der Waals surface area contributed by atoms with Gasteiger partial charge in [-0.2, -0.15) is 0 Å². The molecule has 0 aliphatic carbocycles. The molecule has 17 heavy (non-hydrogen) atoms. The molecular weight excluding hydrogens is 234 g/mol. The first-order chi connectivity index (χ1) is 8.38. The van der Waals surface area contributed by atoms with Crippen molar-refractivity contribution in [1.29, 1.82) is 0 Å². The minimum atomic E-state index is 0.682. The van der Waals surface area contributed by atoms with Crippen molar-refractivity contribution in [1.82, 2.24) is 4.98 Å². The lowest BCUT2D eigenvalue weighted by Crippen LogP contribution is -2.05. The Balaban J connectivity index is 2.13. The van der Waals surface area contributed by atoms with E-state index in [0.29, 0.717) is 6.61 Å². The smallest absolute Gasteiger partial charge is 0.140 e. The van der Waals surface area contributed by atoms with Crippen LogP contribution in [0.25, 0.3) is 15.8 Å². The van der Waals surface area contributed by atoms with E-state index in [1.807, 2.05) is 17.5 Å². The van der Waals surface area contributed by atoms with E-state index < -0.39 is 0 Å². The monoisotopic (exact) mass is 247 g/mol. The third-order valence-electron chi connectivity index (χ3n) is 2.89. The van der Waals surface area contributed by atoms with Crippen molar-refractivity contribution in [3.63, 3.8) is 0 Å². The van der Waals surface area contributed by atoms with E-state index >= 15 is 0 Å². The Kier molecular flexibility index (Phi) is 2.82. The highest BCUT2D eigenvalue weighted by atomic mass is 32.1. The zero-order valence-corrected chi connectivity index (χ0v) is 10.4. The van der Waals surface area contributed by atoms with Crippen LogP contribution in [0.5, 0.6) is 5.75 Å². The number of hydrogen-bond acceptors (Lipinski definition) is 4. The second-order valence-corrected chi connectivity index (χ2v) is 4.82. The van der Waals surface area contributed by atoms with Crippen molar-refractivity contribution >= 4 is 27.1 Å². The lowest BCUT2D eigenvalue weighted by Gasteiger charge is -2.14. The zero-order valence-electron chi connectivity index (χ0n) is 9.60. The predicted octanol–water partition coefficient (Wildman–Crippen LogP) is 3.11. The van der Waals surface area contributed by atoms with Crippen molar-refractivity contribution in [3.8, 4) is 5.75 Å². The number of rotatable bonds is 2. The van der Waals surface area contributed by atoms with E-state index in [4.69, 9.17) is 9.47 Å². The standard InChI is InChI=1S/C13H13NO2S/c1-15-12-8-11(9-2-5-16-6-3-9)14-10-4-7-17-13(10)12/h2,4,7-8H,3,5-6H2,1H3. The van der Waals surface area contributed by atoms with E-state index in [1.54, 1.807) is 18.4 Å². The Morgan fingerprint density at radius 1 is 1.47 bits per heavy atom. The van der Waals surface area contributed by atoms with Crippen LogP contribution in [0.4, 0.5) is 0 Å². The molecule has 2 aromatic rings. The third-order valence-corrected chi connectivity index (χ3v) is 3.81. The largest absolute Gasteiger partial charge is 0.495 e. The van der Waals surface area contributed by atoms with Gasteiger partial charge in [-0.15, -0.1) is 11.3 Å². The molecule has 0 saturated heterocycles. The molecule has 0 atom stereocenters. The molecule has 1 aliphatic heterocycles. The second kappa shape index (κ2) is 4.47. The van der Waals surface area contributed by atoms with Gasteiger partial charge >= 0.3 is 0 Å². The summed E-state index contributed by atoms with van der Waals surface area (Å²) in [4.78, 5) is 4.67. The van der Waals surface area contributed by atoms with Gasteiger partial charge in [0.15, 0.2) is 0 Å². The molecule has 0 spiro atoms. The van der Waals surface area contributed by atoms with Crippen LogP contribution in [-0.4, -0.2) is 25.3 Å². The van der Waals surface area contributed by atoms with Crippen molar-refractivity contribution < 1.29 is 9.47 Å². The fourth-order valence-electron chi connectivity index (χ4n) is 2.00. The van der Waals surface area contributed by atoms with Gasteiger partial charge in [0, 0.05) is 6.07 Å². The van der Waals surface area contributed by atoms with E-state index in [1.165, 1.54) is 5.57 Å². The van der Waals surface area contributed by atoms with E-state index in [-0.39, 0.29) is 0 Å². The van der Waals surface area contributed by atoms with Crippen LogP contribution in [0.2, 0.25) is 0 Å². The molecule has 0 N–H and O–H groups in total. The SMILES string of the molecule is COc1cc(C2=CCOCC2)nc2ccsc12. The number of ether oxygens (including phenoxy) is 2. The van der Waals surface area contributed by atoms with Crippen LogP contribution in [0.15, 0.2) is 23.6 Å². The fraction of sp³-hybridized carbons (Fsp3) is 0.308. The number of fused-ring (bicyclic) bond motifs is 1. The Bertz CT molecular complexity index is 574. The summed E-state index contributed by atoms with van der Waals surface area (Å²) in [7, 11) is 1.70. The molecule has 3 heterocycles. The Hall–Kier alpha value is -1.39. The van der Waals surface area contributed by atoms with Gasteiger partial charge in [-0.1, -0.05) is 6.08 Å². The van der Waals surface area contributed by atoms with Gasteiger partial charge in [0.2, 0.25) is 0 Å². The van der Waals surface area contributed by atoms with E-state index in [0.717, 1.165) is 34.7 Å². The van der Waals surface area contributed by atoms with Crippen LogP contribution >= 0.6 is 11.3 Å². The molecule has 1 aliphatic rings. The second-order valence-electron chi connectivity index (χ2n) is 3.90.